The number of allylic oxidation sites excluding steroid dienone is 1. The Morgan fingerprint density at radius 2 is 1.74 bits per heavy atom. The molecule has 1 rings (SSSR count). The summed E-state index contributed by atoms with van der Waals surface area (Å²) in [5, 5.41) is 8.75. The van der Waals surface area contributed by atoms with Gasteiger partial charge in [0, 0.05) is 11.5 Å². The lowest BCUT2D eigenvalue weighted by Crippen LogP contribution is -2.25. The van der Waals surface area contributed by atoms with Crippen molar-refractivity contribution >= 4 is 5.97 Å². The molecule has 0 aliphatic rings. The Balaban J connectivity index is 3.21. The zero-order valence-corrected chi connectivity index (χ0v) is 10.7. The monoisotopic (exact) mass is 272 g/mol. The molecule has 2 nitrogen and oxygen atoms in total. The van der Waals surface area contributed by atoms with Crippen molar-refractivity contribution in [3.05, 3.63) is 47.5 Å². The van der Waals surface area contributed by atoms with Gasteiger partial charge >= 0.3 is 12.1 Å². The highest BCUT2D eigenvalue weighted by atomic mass is 19.4. The molecule has 0 unspecified atom stereocenters. The molecule has 5 heteroatoms. The maximum Gasteiger partial charge on any atom is 0.392 e. The molecule has 19 heavy (non-hydrogen) atoms. The smallest absolute Gasteiger partial charge is 0.392 e. The third-order valence-corrected chi connectivity index (χ3v) is 2.99. The average Bonchev–Trinajstić information content (AvgIpc) is 2.27. The van der Waals surface area contributed by atoms with Gasteiger partial charge in [-0.15, -0.1) is 0 Å². The van der Waals surface area contributed by atoms with Crippen LogP contribution in [0.5, 0.6) is 0 Å². The molecule has 0 bridgehead atoms. The largest absolute Gasteiger partial charge is 0.478 e. The van der Waals surface area contributed by atoms with Crippen LogP contribution < -0.4 is 0 Å². The van der Waals surface area contributed by atoms with Gasteiger partial charge in [-0.05, 0) is 11.1 Å². The zero-order chi connectivity index (χ0) is 14.7. The van der Waals surface area contributed by atoms with Gasteiger partial charge in [0.25, 0.3) is 0 Å². The first-order valence-corrected chi connectivity index (χ1v) is 5.69. The van der Waals surface area contributed by atoms with Gasteiger partial charge in [0.2, 0.25) is 0 Å². The first-order valence-electron chi connectivity index (χ1n) is 5.69. The topological polar surface area (TPSA) is 37.3 Å². The molecule has 0 saturated heterocycles. The second-order valence-corrected chi connectivity index (χ2v) is 4.79. The van der Waals surface area contributed by atoms with Gasteiger partial charge in [0.15, 0.2) is 0 Å². The number of halogens is 3. The van der Waals surface area contributed by atoms with E-state index in [4.69, 9.17) is 5.11 Å². The Kier molecular flexibility index (Phi) is 4.39. The molecule has 0 fully saturated rings. The number of rotatable bonds is 4. The molecular weight excluding hydrogens is 257 g/mol. The Hall–Kier alpha value is -1.78. The minimum Gasteiger partial charge on any atom is -0.478 e. The van der Waals surface area contributed by atoms with Gasteiger partial charge in [0.05, 0.1) is 6.42 Å². The van der Waals surface area contributed by atoms with Crippen molar-refractivity contribution < 1.29 is 23.1 Å². The standard InChI is InChI=1S/C14H15F3O2/c1-13(2,10-6-4-3-5-7-10)11(8-12(18)19)9-14(15,16)17/h3-8H,9H2,1-2H3,(H,18,19)/b11-8+. The summed E-state index contributed by atoms with van der Waals surface area (Å²) < 4.78 is 37.7. The van der Waals surface area contributed by atoms with E-state index in [1.54, 1.807) is 44.2 Å². The van der Waals surface area contributed by atoms with E-state index in [0.29, 0.717) is 11.6 Å². The van der Waals surface area contributed by atoms with E-state index in [1.807, 2.05) is 0 Å². The van der Waals surface area contributed by atoms with Crippen LogP contribution in [0.3, 0.4) is 0 Å². The number of alkyl halides is 3. The van der Waals surface area contributed by atoms with Crippen LogP contribution in [-0.2, 0) is 10.2 Å². The summed E-state index contributed by atoms with van der Waals surface area (Å²) in [7, 11) is 0. The lowest BCUT2D eigenvalue weighted by atomic mass is 9.76. The van der Waals surface area contributed by atoms with E-state index in [0.717, 1.165) is 0 Å². The van der Waals surface area contributed by atoms with Gasteiger partial charge in [-0.2, -0.15) is 13.2 Å². The fourth-order valence-electron chi connectivity index (χ4n) is 1.86. The van der Waals surface area contributed by atoms with Crippen molar-refractivity contribution in [2.24, 2.45) is 0 Å². The molecule has 0 amide bonds. The Morgan fingerprint density at radius 3 is 2.16 bits per heavy atom. The minimum absolute atomic E-state index is 0.168. The first-order chi connectivity index (χ1) is 8.63. The van der Waals surface area contributed by atoms with Crippen molar-refractivity contribution in [1.29, 1.82) is 0 Å². The van der Waals surface area contributed by atoms with Crippen molar-refractivity contribution in [3.8, 4) is 0 Å². The SMILES string of the molecule is CC(C)(/C(=C/C(=O)O)CC(F)(F)F)c1ccccc1. The molecule has 0 radical (unpaired) electrons. The number of carboxylic acids is 1. The third-order valence-electron chi connectivity index (χ3n) is 2.99. The van der Waals surface area contributed by atoms with Crippen LogP contribution >= 0.6 is 0 Å². The number of carbonyl (C=O) groups is 1. The molecule has 0 saturated carbocycles. The van der Waals surface area contributed by atoms with Crippen LogP contribution in [0.2, 0.25) is 0 Å². The van der Waals surface area contributed by atoms with Crippen LogP contribution in [0.25, 0.3) is 0 Å². The summed E-state index contributed by atoms with van der Waals surface area (Å²) in [6.07, 6.45) is -5.02. The summed E-state index contributed by atoms with van der Waals surface area (Å²) >= 11 is 0. The number of benzene rings is 1. The van der Waals surface area contributed by atoms with E-state index >= 15 is 0 Å². The summed E-state index contributed by atoms with van der Waals surface area (Å²) in [5.74, 6) is -1.37. The zero-order valence-electron chi connectivity index (χ0n) is 10.7. The van der Waals surface area contributed by atoms with Gasteiger partial charge < -0.3 is 5.11 Å². The van der Waals surface area contributed by atoms with Crippen molar-refractivity contribution in [3.63, 3.8) is 0 Å². The van der Waals surface area contributed by atoms with E-state index in [1.165, 1.54) is 0 Å². The summed E-state index contributed by atoms with van der Waals surface area (Å²) in [5.41, 5.74) is -0.514. The van der Waals surface area contributed by atoms with Crippen molar-refractivity contribution in [2.75, 3.05) is 0 Å². The number of hydrogen-bond donors (Lipinski definition) is 1. The highest BCUT2D eigenvalue weighted by Crippen LogP contribution is 2.38. The molecule has 0 aliphatic carbocycles. The summed E-state index contributed by atoms with van der Waals surface area (Å²) in [6, 6.07) is 8.55. The number of aliphatic carboxylic acids is 1. The third kappa shape index (κ3) is 4.43. The van der Waals surface area contributed by atoms with E-state index < -0.39 is 24.0 Å². The average molecular weight is 272 g/mol. The second kappa shape index (κ2) is 5.47. The van der Waals surface area contributed by atoms with Crippen LogP contribution in [0.15, 0.2) is 42.0 Å². The summed E-state index contributed by atoms with van der Waals surface area (Å²) in [6.45, 7) is 3.17. The van der Waals surface area contributed by atoms with Crippen LogP contribution in [0, 0.1) is 0 Å². The molecule has 1 aromatic rings. The molecule has 1 N–H and O–H groups in total. The fourth-order valence-corrected chi connectivity index (χ4v) is 1.86. The quantitative estimate of drug-likeness (QED) is 0.843. The van der Waals surface area contributed by atoms with Gasteiger partial charge in [-0.3, -0.25) is 0 Å². The molecule has 104 valence electrons. The normalized spacial score (nSPS) is 13.4. The fraction of sp³-hybridized carbons (Fsp3) is 0.357. The van der Waals surface area contributed by atoms with Gasteiger partial charge in [0.1, 0.15) is 0 Å². The Labute approximate surface area is 109 Å². The van der Waals surface area contributed by atoms with Crippen LogP contribution in [0.1, 0.15) is 25.8 Å². The second-order valence-electron chi connectivity index (χ2n) is 4.79. The van der Waals surface area contributed by atoms with Crippen LogP contribution in [-0.4, -0.2) is 17.3 Å². The molecular formula is C14H15F3O2. The Bertz CT molecular complexity index is 473. The Morgan fingerprint density at radius 1 is 1.21 bits per heavy atom. The number of carboxylic acid groups (broad SMARTS) is 1. The molecule has 1 aromatic carbocycles. The molecule has 0 aliphatic heterocycles. The number of hydrogen-bond acceptors (Lipinski definition) is 1. The highest BCUT2D eigenvalue weighted by molar-refractivity contribution is 5.81. The van der Waals surface area contributed by atoms with E-state index in [2.05, 4.69) is 0 Å². The maximum atomic E-state index is 12.6. The van der Waals surface area contributed by atoms with Crippen LogP contribution in [0.4, 0.5) is 13.2 Å². The maximum absolute atomic E-state index is 12.6. The van der Waals surface area contributed by atoms with E-state index in [9.17, 15) is 18.0 Å². The molecule has 0 heterocycles. The van der Waals surface area contributed by atoms with Gasteiger partial charge in [-0.25, -0.2) is 4.79 Å². The van der Waals surface area contributed by atoms with Gasteiger partial charge in [-0.1, -0.05) is 44.2 Å². The molecule has 0 atom stereocenters. The predicted molar refractivity (Wildman–Crippen MR) is 65.9 cm³/mol. The van der Waals surface area contributed by atoms with Crippen molar-refractivity contribution in [2.45, 2.75) is 31.9 Å². The highest BCUT2D eigenvalue weighted by Gasteiger charge is 2.36. The minimum atomic E-state index is -4.44. The van der Waals surface area contributed by atoms with Crippen molar-refractivity contribution in [1.82, 2.24) is 0 Å². The lowest BCUT2D eigenvalue weighted by molar-refractivity contribution is -0.132. The summed E-state index contributed by atoms with van der Waals surface area (Å²) in [4.78, 5) is 10.7. The van der Waals surface area contributed by atoms with E-state index in [-0.39, 0.29) is 5.57 Å². The first kappa shape index (κ1) is 15.3. The molecule has 0 spiro atoms. The molecule has 0 aromatic heterocycles. The lowest BCUT2D eigenvalue weighted by Gasteiger charge is -2.29. The predicted octanol–water partition coefficient (Wildman–Crippen LogP) is 3.93.